The summed E-state index contributed by atoms with van der Waals surface area (Å²) >= 11 is 0.802. The molecular formula is C18H7F5N2O3S2. The molecule has 0 saturated heterocycles. The summed E-state index contributed by atoms with van der Waals surface area (Å²) in [6.45, 7) is 0. The Bertz CT molecular complexity index is 1240. The van der Waals surface area contributed by atoms with Crippen LogP contribution in [-0.4, -0.2) is 13.5 Å². The third-order valence-corrected chi connectivity index (χ3v) is 5.77. The van der Waals surface area contributed by atoms with Crippen LogP contribution in [0.4, 0.5) is 22.0 Å². The number of halogens is 5. The molecule has 0 atom stereocenters. The molecule has 154 valence electrons. The molecule has 0 aromatic heterocycles. The lowest BCUT2D eigenvalue weighted by Crippen LogP contribution is -2.14. The molecule has 1 aliphatic rings. The number of hydrogen-bond donors (Lipinski definition) is 0. The number of hydrogen-bond acceptors (Lipinski definition) is 6. The zero-order valence-corrected chi connectivity index (χ0v) is 16.0. The molecule has 5 nitrogen and oxygen atoms in total. The van der Waals surface area contributed by atoms with Gasteiger partial charge in [-0.1, -0.05) is 47.2 Å². The van der Waals surface area contributed by atoms with Gasteiger partial charge in [0.15, 0.2) is 28.2 Å². The summed E-state index contributed by atoms with van der Waals surface area (Å²) in [5.41, 5.74) is 0.813. The quantitative estimate of drug-likeness (QED) is 0.219. The Morgan fingerprint density at radius 2 is 1.50 bits per heavy atom. The fraction of sp³-hybridized carbons (Fsp3) is 0. The number of rotatable bonds is 4. The van der Waals surface area contributed by atoms with Gasteiger partial charge in [0, 0.05) is 4.91 Å². The molecule has 1 aliphatic heterocycles. The minimum Gasteiger partial charge on any atom is -0.263 e. The molecule has 0 bridgehead atoms. The Labute approximate surface area is 170 Å². The first-order valence-electron chi connectivity index (χ1n) is 7.76. The van der Waals surface area contributed by atoms with E-state index in [1.54, 1.807) is 30.3 Å². The molecule has 2 aromatic carbocycles. The van der Waals surface area contributed by atoms with Crippen LogP contribution in [0.3, 0.4) is 0 Å². The fourth-order valence-corrected chi connectivity index (χ4v) is 4.06. The highest BCUT2D eigenvalue weighted by Crippen LogP contribution is 2.34. The van der Waals surface area contributed by atoms with E-state index in [9.17, 15) is 35.6 Å². The molecule has 1 heterocycles. The first-order chi connectivity index (χ1) is 14.2. The van der Waals surface area contributed by atoms with Crippen molar-refractivity contribution in [2.75, 3.05) is 0 Å². The van der Waals surface area contributed by atoms with Crippen molar-refractivity contribution in [1.29, 1.82) is 5.26 Å². The fourth-order valence-electron chi connectivity index (χ4n) is 2.31. The molecule has 30 heavy (non-hydrogen) atoms. The lowest BCUT2D eigenvalue weighted by atomic mass is 10.1. The number of benzene rings is 2. The molecule has 0 spiro atoms. The summed E-state index contributed by atoms with van der Waals surface area (Å²) in [6, 6.07) is 10.5. The predicted molar refractivity (Wildman–Crippen MR) is 97.6 cm³/mol. The van der Waals surface area contributed by atoms with Gasteiger partial charge in [-0.15, -0.1) is 0 Å². The molecule has 12 heteroatoms. The standard InChI is InChI=1S/C18H7F5N2O3S2/c19-13-14(20)16(22)18(17(23)15(13)21)30(26,27)28-25-12-7-6-11(29-12)10(8-24)9-4-2-1-3-5-9/h1-7H/b11-10-,25-12-. The lowest BCUT2D eigenvalue weighted by Gasteiger charge is -2.07. The van der Waals surface area contributed by atoms with Crippen LogP contribution in [0.25, 0.3) is 5.57 Å². The van der Waals surface area contributed by atoms with Crippen LogP contribution in [0, 0.1) is 40.4 Å². The summed E-state index contributed by atoms with van der Waals surface area (Å²) in [5, 5.41) is 12.4. The molecule has 0 aliphatic carbocycles. The highest BCUT2D eigenvalue weighted by molar-refractivity contribution is 8.18. The van der Waals surface area contributed by atoms with E-state index in [1.807, 2.05) is 6.07 Å². The van der Waals surface area contributed by atoms with Crippen LogP contribution in [0.2, 0.25) is 0 Å². The maximum Gasteiger partial charge on any atom is 0.364 e. The second-order valence-corrected chi connectivity index (χ2v) is 8.04. The van der Waals surface area contributed by atoms with Gasteiger partial charge in [-0.3, -0.25) is 4.28 Å². The van der Waals surface area contributed by atoms with Crippen molar-refractivity contribution in [2.45, 2.75) is 4.90 Å². The van der Waals surface area contributed by atoms with E-state index in [0.717, 1.165) is 11.8 Å². The van der Waals surface area contributed by atoms with Gasteiger partial charge in [0.05, 0.1) is 5.57 Å². The zero-order chi connectivity index (χ0) is 22.1. The molecule has 0 fully saturated rings. The smallest absolute Gasteiger partial charge is 0.263 e. The van der Waals surface area contributed by atoms with E-state index < -0.39 is 44.1 Å². The van der Waals surface area contributed by atoms with E-state index in [4.69, 9.17) is 0 Å². The minimum atomic E-state index is -5.48. The topological polar surface area (TPSA) is 79.5 Å². The number of nitrogens with zero attached hydrogens (tertiary/aromatic N) is 2. The van der Waals surface area contributed by atoms with Gasteiger partial charge in [-0.05, 0) is 17.7 Å². The van der Waals surface area contributed by atoms with Gasteiger partial charge >= 0.3 is 10.1 Å². The summed E-state index contributed by atoms with van der Waals surface area (Å²) in [6.07, 6.45) is 2.66. The number of oxime groups is 1. The average Bonchev–Trinajstić information content (AvgIpc) is 3.19. The van der Waals surface area contributed by atoms with Crippen molar-refractivity contribution in [3.63, 3.8) is 0 Å². The minimum absolute atomic E-state index is 0.138. The Balaban J connectivity index is 1.90. The Kier molecular flexibility index (Phi) is 5.95. The van der Waals surface area contributed by atoms with Crippen molar-refractivity contribution < 1.29 is 34.7 Å². The summed E-state index contributed by atoms with van der Waals surface area (Å²) in [4.78, 5) is -1.78. The molecule has 2 aromatic rings. The number of allylic oxidation sites excluding steroid dienone is 2. The van der Waals surface area contributed by atoms with Crippen molar-refractivity contribution in [1.82, 2.24) is 0 Å². The van der Waals surface area contributed by atoms with Gasteiger partial charge in [0.2, 0.25) is 5.82 Å². The van der Waals surface area contributed by atoms with E-state index in [-0.39, 0.29) is 10.6 Å². The molecule has 0 radical (unpaired) electrons. The van der Waals surface area contributed by atoms with Crippen LogP contribution < -0.4 is 0 Å². The molecule has 0 saturated carbocycles. The van der Waals surface area contributed by atoms with Crippen LogP contribution in [0.5, 0.6) is 0 Å². The average molecular weight is 458 g/mol. The van der Waals surface area contributed by atoms with Gasteiger partial charge < -0.3 is 0 Å². The Hall–Kier alpha value is -3.17. The van der Waals surface area contributed by atoms with Gasteiger partial charge in [0.25, 0.3) is 0 Å². The Morgan fingerprint density at radius 3 is 2.07 bits per heavy atom. The molecular weight excluding hydrogens is 451 g/mol. The summed E-state index contributed by atoms with van der Waals surface area (Å²) in [7, 11) is -5.48. The predicted octanol–water partition coefficient (Wildman–Crippen LogP) is 4.64. The first-order valence-corrected chi connectivity index (χ1v) is 9.98. The Morgan fingerprint density at radius 1 is 0.933 bits per heavy atom. The van der Waals surface area contributed by atoms with Crippen LogP contribution in [-0.2, 0) is 14.4 Å². The van der Waals surface area contributed by atoms with Crippen LogP contribution in [0.1, 0.15) is 5.56 Å². The number of thioether (sulfide) groups is 1. The van der Waals surface area contributed by atoms with Crippen molar-refractivity contribution in [3.8, 4) is 6.07 Å². The van der Waals surface area contributed by atoms with E-state index >= 15 is 0 Å². The van der Waals surface area contributed by atoms with Crippen molar-refractivity contribution in [3.05, 3.63) is 82.0 Å². The van der Waals surface area contributed by atoms with E-state index in [2.05, 4.69) is 9.44 Å². The molecule has 0 amide bonds. The number of nitriles is 1. The van der Waals surface area contributed by atoms with Crippen LogP contribution >= 0.6 is 11.8 Å². The molecule has 0 unspecified atom stereocenters. The van der Waals surface area contributed by atoms with E-state index in [1.165, 1.54) is 12.2 Å². The monoisotopic (exact) mass is 458 g/mol. The van der Waals surface area contributed by atoms with Gasteiger partial charge in [-0.25, -0.2) is 22.0 Å². The maximum atomic E-state index is 13.7. The summed E-state index contributed by atoms with van der Waals surface area (Å²) in [5.74, 6) is -12.5. The SMILES string of the molecule is N#C/C(=C1C=C/C(=N/OS(=O)(=O)c2c(F)c(F)c(F)c(F)c2F)S\1)c1ccccc1. The van der Waals surface area contributed by atoms with Crippen molar-refractivity contribution in [2.24, 2.45) is 5.16 Å². The maximum absolute atomic E-state index is 13.7. The van der Waals surface area contributed by atoms with Gasteiger partial charge in [0.1, 0.15) is 11.1 Å². The van der Waals surface area contributed by atoms with Crippen molar-refractivity contribution >= 4 is 32.5 Å². The highest BCUT2D eigenvalue weighted by Gasteiger charge is 2.35. The second-order valence-electron chi connectivity index (χ2n) is 5.51. The third kappa shape index (κ3) is 3.94. The molecule has 0 N–H and O–H groups in total. The summed E-state index contributed by atoms with van der Waals surface area (Å²) < 4.78 is 95.1. The van der Waals surface area contributed by atoms with Gasteiger partial charge in [-0.2, -0.15) is 13.7 Å². The third-order valence-electron chi connectivity index (χ3n) is 3.66. The second kappa shape index (κ2) is 8.29. The zero-order valence-electron chi connectivity index (χ0n) is 14.4. The highest BCUT2D eigenvalue weighted by atomic mass is 32.2. The van der Waals surface area contributed by atoms with Crippen LogP contribution in [0.15, 0.2) is 57.4 Å². The largest absolute Gasteiger partial charge is 0.364 e. The molecule has 3 rings (SSSR count). The van der Waals surface area contributed by atoms with E-state index in [0.29, 0.717) is 10.5 Å². The first kappa shape index (κ1) is 21.5. The lowest BCUT2D eigenvalue weighted by molar-refractivity contribution is 0.319. The normalized spacial score (nSPS) is 16.6.